The first-order chi connectivity index (χ1) is 10.9. The molecular weight excluding hydrogens is 294 g/mol. The Balaban J connectivity index is 2.25. The quantitative estimate of drug-likeness (QED) is 0.797. The highest BCUT2D eigenvalue weighted by Gasteiger charge is 2.45. The lowest BCUT2D eigenvalue weighted by Crippen LogP contribution is -2.55. The summed E-state index contributed by atoms with van der Waals surface area (Å²) in [6.45, 7) is 3.96. The SMILES string of the molecule is COC(=O)c1cncn1C1c2ccccc2C(=O)N(C)C1(C)C. The molecule has 1 atom stereocenters. The van der Waals surface area contributed by atoms with E-state index in [1.807, 2.05) is 38.1 Å². The number of nitrogens with zero attached hydrogens (tertiary/aromatic N) is 3. The van der Waals surface area contributed by atoms with Crippen LogP contribution in [0.2, 0.25) is 0 Å². The number of carbonyl (C=O) groups excluding carboxylic acids is 2. The Kier molecular flexibility index (Phi) is 3.47. The van der Waals surface area contributed by atoms with Crippen molar-refractivity contribution >= 4 is 11.9 Å². The van der Waals surface area contributed by atoms with Gasteiger partial charge in [0, 0.05) is 12.6 Å². The molecule has 6 nitrogen and oxygen atoms in total. The van der Waals surface area contributed by atoms with Crippen LogP contribution in [0.5, 0.6) is 0 Å². The van der Waals surface area contributed by atoms with E-state index in [-0.39, 0.29) is 11.9 Å². The van der Waals surface area contributed by atoms with Gasteiger partial charge < -0.3 is 14.2 Å². The van der Waals surface area contributed by atoms with Crippen LogP contribution in [0.1, 0.15) is 46.3 Å². The highest BCUT2D eigenvalue weighted by Crippen LogP contribution is 2.41. The third kappa shape index (κ3) is 2.13. The van der Waals surface area contributed by atoms with Gasteiger partial charge in [-0.25, -0.2) is 9.78 Å². The fourth-order valence-corrected chi connectivity index (χ4v) is 3.20. The van der Waals surface area contributed by atoms with Gasteiger partial charge in [0.05, 0.1) is 31.2 Å². The summed E-state index contributed by atoms with van der Waals surface area (Å²) in [6.07, 6.45) is 3.10. The second-order valence-electron chi connectivity index (χ2n) is 6.19. The van der Waals surface area contributed by atoms with E-state index in [2.05, 4.69) is 4.98 Å². The Morgan fingerprint density at radius 3 is 2.70 bits per heavy atom. The van der Waals surface area contributed by atoms with Gasteiger partial charge in [-0.3, -0.25) is 4.79 Å². The molecule has 1 unspecified atom stereocenters. The summed E-state index contributed by atoms with van der Waals surface area (Å²) in [4.78, 5) is 30.5. The molecule has 0 bridgehead atoms. The number of hydrogen-bond donors (Lipinski definition) is 0. The van der Waals surface area contributed by atoms with Gasteiger partial charge in [0.15, 0.2) is 0 Å². The zero-order valence-electron chi connectivity index (χ0n) is 13.6. The maximum Gasteiger partial charge on any atom is 0.356 e. The highest BCUT2D eigenvalue weighted by atomic mass is 16.5. The lowest BCUT2D eigenvalue weighted by molar-refractivity contribution is 0.0472. The van der Waals surface area contributed by atoms with Crippen molar-refractivity contribution in [3.05, 3.63) is 53.6 Å². The first-order valence-electron chi connectivity index (χ1n) is 7.36. The highest BCUT2D eigenvalue weighted by molar-refractivity contribution is 5.98. The van der Waals surface area contributed by atoms with Gasteiger partial charge in [-0.05, 0) is 25.5 Å². The molecule has 0 N–H and O–H groups in total. The van der Waals surface area contributed by atoms with Gasteiger partial charge in [-0.15, -0.1) is 0 Å². The van der Waals surface area contributed by atoms with Gasteiger partial charge in [0.1, 0.15) is 5.69 Å². The minimum atomic E-state index is -0.533. The molecule has 23 heavy (non-hydrogen) atoms. The predicted molar refractivity (Wildman–Crippen MR) is 84.3 cm³/mol. The second-order valence-corrected chi connectivity index (χ2v) is 6.19. The number of ether oxygens (including phenoxy) is 1. The normalized spacial score (nSPS) is 19.4. The van der Waals surface area contributed by atoms with E-state index >= 15 is 0 Å². The molecule has 3 rings (SSSR count). The summed E-state index contributed by atoms with van der Waals surface area (Å²) in [7, 11) is 3.12. The number of amides is 1. The Labute approximate surface area is 134 Å². The van der Waals surface area contributed by atoms with E-state index in [0.717, 1.165) is 5.56 Å². The molecule has 0 aliphatic carbocycles. The van der Waals surface area contributed by atoms with E-state index < -0.39 is 11.5 Å². The Hall–Kier alpha value is -2.63. The summed E-state index contributed by atoms with van der Waals surface area (Å²) < 4.78 is 6.64. The van der Waals surface area contributed by atoms with E-state index in [4.69, 9.17) is 4.74 Å². The zero-order chi connectivity index (χ0) is 16.8. The van der Waals surface area contributed by atoms with Crippen molar-refractivity contribution in [3.63, 3.8) is 0 Å². The zero-order valence-corrected chi connectivity index (χ0v) is 13.6. The smallest absolute Gasteiger partial charge is 0.356 e. The van der Waals surface area contributed by atoms with Crippen LogP contribution >= 0.6 is 0 Å². The number of imidazole rings is 1. The van der Waals surface area contributed by atoms with Crippen LogP contribution in [-0.2, 0) is 4.74 Å². The molecule has 0 radical (unpaired) electrons. The standard InChI is InChI=1S/C17H19N3O3/c1-17(2)14(20-10-18-9-13(20)16(22)23-4)11-7-5-6-8-12(11)15(21)19(17)3/h5-10,14H,1-4H3. The summed E-state index contributed by atoms with van der Waals surface area (Å²) in [5.74, 6) is -0.475. The maximum atomic E-state index is 12.6. The van der Waals surface area contributed by atoms with E-state index in [0.29, 0.717) is 11.3 Å². The summed E-state index contributed by atoms with van der Waals surface area (Å²) in [6, 6.07) is 7.24. The number of aromatic nitrogens is 2. The number of rotatable bonds is 2. The molecule has 120 valence electrons. The van der Waals surface area contributed by atoms with Crippen molar-refractivity contribution in [3.8, 4) is 0 Å². The minimum absolute atomic E-state index is 0.0263. The Morgan fingerprint density at radius 1 is 1.30 bits per heavy atom. The monoisotopic (exact) mass is 313 g/mol. The average molecular weight is 313 g/mol. The van der Waals surface area contributed by atoms with Crippen molar-refractivity contribution in [2.45, 2.75) is 25.4 Å². The number of hydrogen-bond acceptors (Lipinski definition) is 4. The molecule has 1 aliphatic heterocycles. The molecule has 2 heterocycles. The van der Waals surface area contributed by atoms with E-state index in [9.17, 15) is 9.59 Å². The molecular formula is C17H19N3O3. The molecule has 1 aromatic carbocycles. The van der Waals surface area contributed by atoms with Crippen LogP contribution in [0.3, 0.4) is 0 Å². The topological polar surface area (TPSA) is 64.4 Å². The Morgan fingerprint density at radius 2 is 2.00 bits per heavy atom. The van der Waals surface area contributed by atoms with Gasteiger partial charge in [0.25, 0.3) is 5.91 Å². The lowest BCUT2D eigenvalue weighted by Gasteiger charge is -2.47. The van der Waals surface area contributed by atoms with Crippen molar-refractivity contribution in [2.75, 3.05) is 14.2 Å². The van der Waals surface area contributed by atoms with Crippen LogP contribution < -0.4 is 0 Å². The van der Waals surface area contributed by atoms with E-state index in [1.54, 1.807) is 22.8 Å². The van der Waals surface area contributed by atoms with Gasteiger partial charge in [0.2, 0.25) is 0 Å². The molecule has 0 fully saturated rings. The third-order valence-electron chi connectivity index (χ3n) is 4.66. The molecule has 0 saturated carbocycles. The van der Waals surface area contributed by atoms with Crippen LogP contribution in [0.25, 0.3) is 0 Å². The van der Waals surface area contributed by atoms with Crippen molar-refractivity contribution in [2.24, 2.45) is 0 Å². The first-order valence-corrected chi connectivity index (χ1v) is 7.36. The van der Waals surface area contributed by atoms with Gasteiger partial charge in [-0.2, -0.15) is 0 Å². The van der Waals surface area contributed by atoms with Gasteiger partial charge >= 0.3 is 5.97 Å². The van der Waals surface area contributed by atoms with Crippen molar-refractivity contribution in [1.29, 1.82) is 0 Å². The molecule has 1 aromatic heterocycles. The number of fused-ring (bicyclic) bond motifs is 1. The maximum absolute atomic E-state index is 12.6. The lowest BCUT2D eigenvalue weighted by atomic mass is 9.80. The summed E-state index contributed by atoms with van der Waals surface area (Å²) in [5.41, 5.74) is 1.35. The molecule has 6 heteroatoms. The number of esters is 1. The summed E-state index contributed by atoms with van der Waals surface area (Å²) >= 11 is 0. The number of likely N-dealkylation sites (N-methyl/N-ethyl adjacent to an activating group) is 1. The fraction of sp³-hybridized carbons (Fsp3) is 0.353. The number of benzene rings is 1. The van der Waals surface area contributed by atoms with Crippen LogP contribution in [-0.4, -0.2) is 46.0 Å². The fourth-order valence-electron chi connectivity index (χ4n) is 3.20. The molecule has 1 amide bonds. The van der Waals surface area contributed by atoms with Crippen LogP contribution in [0.4, 0.5) is 0 Å². The number of methoxy groups -OCH3 is 1. The van der Waals surface area contributed by atoms with Gasteiger partial charge in [-0.1, -0.05) is 18.2 Å². The minimum Gasteiger partial charge on any atom is -0.464 e. The average Bonchev–Trinajstić information content (AvgIpc) is 3.01. The molecule has 0 spiro atoms. The Bertz CT molecular complexity index is 779. The summed E-state index contributed by atoms with van der Waals surface area (Å²) in [5, 5.41) is 0. The second kappa shape index (κ2) is 5.22. The van der Waals surface area contributed by atoms with Crippen LogP contribution in [0.15, 0.2) is 36.8 Å². The number of carbonyl (C=O) groups is 2. The molecule has 1 aliphatic rings. The van der Waals surface area contributed by atoms with Crippen molar-refractivity contribution in [1.82, 2.24) is 14.5 Å². The molecule has 0 saturated heterocycles. The third-order valence-corrected chi connectivity index (χ3v) is 4.66. The van der Waals surface area contributed by atoms with E-state index in [1.165, 1.54) is 13.3 Å². The van der Waals surface area contributed by atoms with Crippen LogP contribution in [0, 0.1) is 0 Å². The first kappa shape index (κ1) is 15.3. The largest absolute Gasteiger partial charge is 0.464 e. The van der Waals surface area contributed by atoms with Crippen molar-refractivity contribution < 1.29 is 14.3 Å². The predicted octanol–water partition coefficient (Wildman–Crippen LogP) is 2.12. The molecule has 2 aromatic rings.